The van der Waals surface area contributed by atoms with Crippen molar-refractivity contribution in [3.63, 3.8) is 0 Å². The third-order valence-electron chi connectivity index (χ3n) is 2.78. The van der Waals surface area contributed by atoms with E-state index in [0.29, 0.717) is 0 Å². The largest absolute Gasteiger partial charge is 0.388 e. The number of rotatable bonds is 2. The van der Waals surface area contributed by atoms with E-state index in [-0.39, 0.29) is 6.04 Å². The molecule has 0 aromatic carbocycles. The lowest BCUT2D eigenvalue weighted by molar-refractivity contribution is 0.565. The molecule has 1 N–H and O–H groups in total. The van der Waals surface area contributed by atoms with Gasteiger partial charge in [-0.2, -0.15) is 0 Å². The van der Waals surface area contributed by atoms with E-state index < -0.39 is 0 Å². The van der Waals surface area contributed by atoms with Crippen molar-refractivity contribution in [2.75, 3.05) is 12.4 Å². The Morgan fingerprint density at radius 2 is 2.53 bits per heavy atom. The van der Waals surface area contributed by atoms with Crippen LogP contribution >= 0.6 is 0 Å². The summed E-state index contributed by atoms with van der Waals surface area (Å²) >= 11 is 0. The molecule has 15 heavy (non-hydrogen) atoms. The molecule has 78 valence electrons. The second-order valence-corrected chi connectivity index (χ2v) is 3.64. The Morgan fingerprint density at radius 1 is 1.67 bits per heavy atom. The number of aryl methyl sites for hydroxylation is 1. The van der Waals surface area contributed by atoms with Gasteiger partial charge in [0.25, 0.3) is 0 Å². The Morgan fingerprint density at radius 3 is 3.27 bits per heavy atom. The molecule has 0 amide bonds. The van der Waals surface area contributed by atoms with E-state index in [2.05, 4.69) is 20.3 Å². The van der Waals surface area contributed by atoms with Gasteiger partial charge in [0.2, 0.25) is 0 Å². The van der Waals surface area contributed by atoms with E-state index in [1.165, 1.54) is 5.56 Å². The lowest BCUT2D eigenvalue weighted by atomic mass is 9.91. The van der Waals surface area contributed by atoms with Crippen LogP contribution in [-0.2, 0) is 12.8 Å². The van der Waals surface area contributed by atoms with E-state index in [9.17, 15) is 0 Å². The van der Waals surface area contributed by atoms with Gasteiger partial charge in [-0.1, -0.05) is 5.11 Å². The molecule has 1 heterocycles. The third-order valence-corrected chi connectivity index (χ3v) is 2.78. The fraction of sp³-hybridized carbons (Fsp3) is 0.500. The number of azide groups is 1. The molecular formula is C10H13N5. The minimum absolute atomic E-state index is 0.0822. The summed E-state index contributed by atoms with van der Waals surface area (Å²) in [6.07, 6.45) is 4.41. The van der Waals surface area contributed by atoms with Gasteiger partial charge in [0.1, 0.15) is 0 Å². The Hall–Kier alpha value is -1.74. The Balaban J connectivity index is 2.33. The summed E-state index contributed by atoms with van der Waals surface area (Å²) in [6, 6.07) is 2.04. The summed E-state index contributed by atoms with van der Waals surface area (Å²) in [5, 5.41) is 6.93. The maximum Gasteiger partial charge on any atom is 0.0456 e. The maximum absolute atomic E-state index is 8.42. The molecule has 5 heteroatoms. The van der Waals surface area contributed by atoms with Gasteiger partial charge in [0.05, 0.1) is 0 Å². The van der Waals surface area contributed by atoms with Crippen LogP contribution in [-0.4, -0.2) is 18.1 Å². The Labute approximate surface area is 88.2 Å². The van der Waals surface area contributed by atoms with E-state index in [4.69, 9.17) is 5.53 Å². The number of fused-ring (bicyclic) bond motifs is 1. The zero-order valence-electron chi connectivity index (χ0n) is 8.64. The molecule has 0 spiro atoms. The third kappa shape index (κ3) is 1.87. The number of pyridine rings is 1. The van der Waals surface area contributed by atoms with Crippen molar-refractivity contribution in [1.82, 2.24) is 4.98 Å². The predicted molar refractivity (Wildman–Crippen MR) is 58.7 cm³/mol. The first-order valence-electron chi connectivity index (χ1n) is 5.04. The fourth-order valence-corrected chi connectivity index (χ4v) is 2.03. The molecule has 1 aromatic rings. The monoisotopic (exact) mass is 203 g/mol. The molecule has 0 saturated heterocycles. The average molecular weight is 203 g/mol. The standard InChI is InChI=1S/C10H13N5/c1-12-9-4-5-13-10-3-2-7(14-15-11)6-8(9)10/h4-5,7H,2-3,6H2,1H3,(H,12,13). The highest BCUT2D eigenvalue weighted by Crippen LogP contribution is 2.27. The number of aromatic nitrogens is 1. The van der Waals surface area contributed by atoms with Crippen LogP contribution in [0.1, 0.15) is 17.7 Å². The average Bonchev–Trinajstić information content (AvgIpc) is 2.28. The van der Waals surface area contributed by atoms with Gasteiger partial charge >= 0.3 is 0 Å². The van der Waals surface area contributed by atoms with Crippen molar-refractivity contribution in [1.29, 1.82) is 0 Å². The summed E-state index contributed by atoms with van der Waals surface area (Å²) in [4.78, 5) is 7.22. The number of hydrogen-bond acceptors (Lipinski definition) is 3. The number of anilines is 1. The van der Waals surface area contributed by atoms with E-state index in [0.717, 1.165) is 30.6 Å². The van der Waals surface area contributed by atoms with Gasteiger partial charge in [0.15, 0.2) is 0 Å². The first-order chi connectivity index (χ1) is 7.35. The van der Waals surface area contributed by atoms with Gasteiger partial charge in [-0.05, 0) is 36.4 Å². The molecule has 1 aliphatic rings. The molecule has 5 nitrogen and oxygen atoms in total. The first-order valence-corrected chi connectivity index (χ1v) is 5.04. The van der Waals surface area contributed by atoms with Gasteiger partial charge in [-0.25, -0.2) is 0 Å². The van der Waals surface area contributed by atoms with Crippen LogP contribution in [0.4, 0.5) is 5.69 Å². The van der Waals surface area contributed by atoms with E-state index in [1.54, 1.807) is 0 Å². The molecule has 1 atom stereocenters. The highest BCUT2D eigenvalue weighted by molar-refractivity contribution is 5.53. The number of nitrogens with one attached hydrogen (secondary N) is 1. The van der Waals surface area contributed by atoms with Crippen LogP contribution in [0.25, 0.3) is 10.4 Å². The van der Waals surface area contributed by atoms with Crippen molar-refractivity contribution in [2.45, 2.75) is 25.3 Å². The van der Waals surface area contributed by atoms with Crippen LogP contribution in [0.2, 0.25) is 0 Å². The van der Waals surface area contributed by atoms with Gasteiger partial charge in [-0.15, -0.1) is 0 Å². The van der Waals surface area contributed by atoms with Crippen LogP contribution in [0.15, 0.2) is 17.4 Å². The zero-order valence-corrected chi connectivity index (χ0v) is 8.64. The van der Waals surface area contributed by atoms with Gasteiger partial charge in [-0.3, -0.25) is 4.98 Å². The summed E-state index contributed by atoms with van der Waals surface area (Å²) in [5.41, 5.74) is 11.8. The van der Waals surface area contributed by atoms with Crippen molar-refractivity contribution < 1.29 is 0 Å². The quantitative estimate of drug-likeness (QED) is 0.455. The highest BCUT2D eigenvalue weighted by Gasteiger charge is 2.20. The molecule has 0 fully saturated rings. The van der Waals surface area contributed by atoms with Crippen LogP contribution in [0, 0.1) is 0 Å². The summed E-state index contributed by atoms with van der Waals surface area (Å²) in [7, 11) is 1.90. The van der Waals surface area contributed by atoms with Crippen molar-refractivity contribution in [2.24, 2.45) is 5.11 Å². The SMILES string of the molecule is CNc1ccnc2c1CC(N=[N+]=[N-])CC2. The van der Waals surface area contributed by atoms with Crippen LogP contribution in [0.5, 0.6) is 0 Å². The molecule has 0 saturated carbocycles. The fourth-order valence-electron chi connectivity index (χ4n) is 2.03. The van der Waals surface area contributed by atoms with E-state index >= 15 is 0 Å². The summed E-state index contributed by atoms with van der Waals surface area (Å²) < 4.78 is 0. The normalized spacial score (nSPS) is 18.9. The minimum Gasteiger partial charge on any atom is -0.388 e. The number of nitrogens with zero attached hydrogens (tertiary/aromatic N) is 4. The molecule has 2 rings (SSSR count). The predicted octanol–water partition coefficient (Wildman–Crippen LogP) is 2.29. The molecule has 0 bridgehead atoms. The molecule has 1 aliphatic carbocycles. The number of hydrogen-bond donors (Lipinski definition) is 1. The molecule has 1 unspecified atom stereocenters. The molecular weight excluding hydrogens is 190 g/mol. The topological polar surface area (TPSA) is 73.7 Å². The molecule has 0 radical (unpaired) electrons. The van der Waals surface area contributed by atoms with Crippen LogP contribution < -0.4 is 5.32 Å². The van der Waals surface area contributed by atoms with E-state index in [1.807, 2.05) is 19.3 Å². The minimum atomic E-state index is 0.0822. The Bertz CT molecular complexity index is 394. The second-order valence-electron chi connectivity index (χ2n) is 3.64. The second kappa shape index (κ2) is 4.19. The molecule has 1 aromatic heterocycles. The lowest BCUT2D eigenvalue weighted by Crippen LogP contribution is -2.19. The first kappa shape index (κ1) is 9.80. The lowest BCUT2D eigenvalue weighted by Gasteiger charge is -2.22. The van der Waals surface area contributed by atoms with Crippen molar-refractivity contribution in [3.8, 4) is 0 Å². The zero-order chi connectivity index (χ0) is 10.7. The summed E-state index contributed by atoms with van der Waals surface area (Å²) in [5.74, 6) is 0. The van der Waals surface area contributed by atoms with Gasteiger partial charge in [0, 0.05) is 35.6 Å². The van der Waals surface area contributed by atoms with Gasteiger partial charge < -0.3 is 5.32 Å². The van der Waals surface area contributed by atoms with Crippen LogP contribution in [0.3, 0.4) is 0 Å². The molecule has 0 aliphatic heterocycles. The maximum atomic E-state index is 8.42. The smallest absolute Gasteiger partial charge is 0.0456 e. The van der Waals surface area contributed by atoms with Crippen molar-refractivity contribution in [3.05, 3.63) is 34.0 Å². The summed E-state index contributed by atoms with van der Waals surface area (Å²) in [6.45, 7) is 0. The van der Waals surface area contributed by atoms with Crippen molar-refractivity contribution >= 4 is 5.69 Å². The Kier molecular flexibility index (Phi) is 2.74. The highest BCUT2D eigenvalue weighted by atomic mass is 15.1.